The van der Waals surface area contributed by atoms with Gasteiger partial charge < -0.3 is 14.7 Å². The second-order valence-corrected chi connectivity index (χ2v) is 8.07. The number of rotatable bonds is 5. The molecule has 0 bridgehead atoms. The Morgan fingerprint density at radius 2 is 2.15 bits per heavy atom. The Bertz CT molecular complexity index is 867. The summed E-state index contributed by atoms with van der Waals surface area (Å²) in [5, 5.41) is 10.2. The monoisotopic (exact) mass is 397 g/mol. The first kappa shape index (κ1) is 18.8. The Hall–Kier alpha value is -1.93. The highest BCUT2D eigenvalue weighted by molar-refractivity contribution is 7.20. The third-order valence-corrected chi connectivity index (χ3v) is 5.62. The molecule has 0 saturated carbocycles. The molecule has 1 atom stereocenters. The molecule has 3 rings (SSSR count). The number of carbonyl (C=O) groups excluding carboxylic acids is 1. The number of carboxylic acid groups (broad SMARTS) is 1. The molecular formula is C17H20ClN3O4S. The average Bonchev–Trinajstić information content (AvgIpc) is 3.17. The molecule has 0 aromatic carbocycles. The highest BCUT2D eigenvalue weighted by Crippen LogP contribution is 2.38. The Morgan fingerprint density at radius 1 is 1.42 bits per heavy atom. The van der Waals surface area contributed by atoms with Crippen molar-refractivity contribution in [3.8, 4) is 0 Å². The van der Waals surface area contributed by atoms with Gasteiger partial charge in [0, 0.05) is 6.54 Å². The second kappa shape index (κ2) is 7.36. The summed E-state index contributed by atoms with van der Waals surface area (Å²) in [6.45, 7) is 6.64. The first-order valence-corrected chi connectivity index (χ1v) is 9.62. The Balaban J connectivity index is 2.07. The van der Waals surface area contributed by atoms with Gasteiger partial charge in [-0.1, -0.05) is 13.8 Å². The minimum atomic E-state index is -0.894. The number of hydrogen-bond acceptors (Lipinski definition) is 7. The second-order valence-electron chi connectivity index (χ2n) is 6.73. The zero-order chi connectivity index (χ0) is 19.0. The predicted octanol–water partition coefficient (Wildman–Crippen LogP) is 3.52. The number of thiophene rings is 1. The largest absolute Gasteiger partial charge is 0.480 e. The molecule has 1 unspecified atom stereocenters. The average molecular weight is 398 g/mol. The van der Waals surface area contributed by atoms with Crippen LogP contribution in [0, 0.1) is 12.8 Å². The molecule has 0 radical (unpaired) electrons. The minimum absolute atomic E-state index is 0.0342. The van der Waals surface area contributed by atoms with Crippen LogP contribution in [-0.4, -0.2) is 46.2 Å². The zero-order valence-electron chi connectivity index (χ0n) is 14.8. The van der Waals surface area contributed by atoms with Crippen LogP contribution in [0.1, 0.15) is 41.9 Å². The van der Waals surface area contributed by atoms with E-state index < -0.39 is 18.0 Å². The van der Waals surface area contributed by atoms with E-state index in [1.54, 1.807) is 11.8 Å². The van der Waals surface area contributed by atoms with Gasteiger partial charge in [-0.15, -0.1) is 11.3 Å². The molecule has 7 nitrogen and oxygen atoms in total. The first-order chi connectivity index (χ1) is 12.3. The van der Waals surface area contributed by atoms with Gasteiger partial charge in [0.15, 0.2) is 0 Å². The van der Waals surface area contributed by atoms with Crippen molar-refractivity contribution in [1.82, 2.24) is 9.97 Å². The van der Waals surface area contributed by atoms with E-state index in [2.05, 4.69) is 9.97 Å². The van der Waals surface area contributed by atoms with Gasteiger partial charge in [-0.2, -0.15) is 4.98 Å². The van der Waals surface area contributed by atoms with Gasteiger partial charge in [0.25, 0.3) is 0 Å². The van der Waals surface area contributed by atoms with Crippen LogP contribution in [-0.2, 0) is 9.53 Å². The molecule has 140 valence electrons. The fourth-order valence-electron chi connectivity index (χ4n) is 3.08. The Labute approximate surface area is 159 Å². The maximum Gasteiger partial charge on any atom is 0.348 e. The lowest BCUT2D eigenvalue weighted by Crippen LogP contribution is -2.36. The Kier molecular flexibility index (Phi) is 5.34. The SMILES string of the molecule is Cc1c(C(=O)OCC(C)C)sc2nc(Cl)nc(N3CCCC3C(=O)O)c12. The zero-order valence-corrected chi connectivity index (χ0v) is 16.4. The number of esters is 1. The van der Waals surface area contributed by atoms with Crippen molar-refractivity contribution in [2.75, 3.05) is 18.1 Å². The van der Waals surface area contributed by atoms with Crippen LogP contribution >= 0.6 is 22.9 Å². The van der Waals surface area contributed by atoms with Gasteiger partial charge in [-0.05, 0) is 42.8 Å². The molecule has 1 aliphatic rings. The third kappa shape index (κ3) is 3.48. The Morgan fingerprint density at radius 3 is 2.81 bits per heavy atom. The van der Waals surface area contributed by atoms with Crippen LogP contribution < -0.4 is 4.90 Å². The molecule has 0 spiro atoms. The smallest absolute Gasteiger partial charge is 0.348 e. The molecule has 2 aromatic rings. The van der Waals surface area contributed by atoms with Crippen LogP contribution in [0.25, 0.3) is 10.2 Å². The highest BCUT2D eigenvalue weighted by Gasteiger charge is 2.34. The summed E-state index contributed by atoms with van der Waals surface area (Å²) < 4.78 is 5.34. The number of hydrogen-bond donors (Lipinski definition) is 1. The van der Waals surface area contributed by atoms with E-state index >= 15 is 0 Å². The van der Waals surface area contributed by atoms with Crippen LogP contribution in [0.5, 0.6) is 0 Å². The number of aryl methyl sites for hydroxylation is 1. The molecule has 0 amide bonds. The summed E-state index contributed by atoms with van der Waals surface area (Å²) >= 11 is 7.26. The minimum Gasteiger partial charge on any atom is -0.480 e. The lowest BCUT2D eigenvalue weighted by molar-refractivity contribution is -0.138. The fourth-order valence-corrected chi connectivity index (χ4v) is 4.36. The van der Waals surface area contributed by atoms with Gasteiger partial charge in [-0.25, -0.2) is 14.6 Å². The van der Waals surface area contributed by atoms with Gasteiger partial charge in [0.1, 0.15) is 21.6 Å². The van der Waals surface area contributed by atoms with Crippen LogP contribution in [0.15, 0.2) is 0 Å². The van der Waals surface area contributed by atoms with E-state index in [0.29, 0.717) is 46.0 Å². The number of fused-ring (bicyclic) bond motifs is 1. The molecule has 2 aromatic heterocycles. The molecule has 3 heterocycles. The topological polar surface area (TPSA) is 92.6 Å². The van der Waals surface area contributed by atoms with Crippen LogP contribution in [0.2, 0.25) is 5.28 Å². The van der Waals surface area contributed by atoms with Crippen molar-refractivity contribution in [3.05, 3.63) is 15.7 Å². The van der Waals surface area contributed by atoms with Gasteiger partial charge in [-0.3, -0.25) is 0 Å². The lowest BCUT2D eigenvalue weighted by Gasteiger charge is -2.23. The van der Waals surface area contributed by atoms with E-state index in [1.165, 1.54) is 11.3 Å². The van der Waals surface area contributed by atoms with Crippen molar-refractivity contribution in [2.45, 2.75) is 39.7 Å². The van der Waals surface area contributed by atoms with E-state index in [0.717, 1.165) is 6.42 Å². The van der Waals surface area contributed by atoms with Gasteiger partial charge in [0.2, 0.25) is 5.28 Å². The number of halogens is 1. The number of nitrogens with zero attached hydrogens (tertiary/aromatic N) is 3. The maximum atomic E-state index is 12.4. The summed E-state index contributed by atoms with van der Waals surface area (Å²) in [4.78, 5) is 35.3. The summed E-state index contributed by atoms with van der Waals surface area (Å²) in [6.07, 6.45) is 1.30. The number of anilines is 1. The standard InChI is InChI=1S/C17H20ClN3O4S/c1-8(2)7-25-16(24)12-9(3)11-13(19-17(18)20-14(11)26-12)21-6-4-5-10(21)15(22)23/h8,10H,4-7H2,1-3H3,(H,22,23). The summed E-state index contributed by atoms with van der Waals surface area (Å²) in [5.74, 6) is -0.590. The molecule has 0 aliphatic carbocycles. The van der Waals surface area contributed by atoms with Gasteiger partial charge >= 0.3 is 11.9 Å². The molecule has 1 aliphatic heterocycles. The highest BCUT2D eigenvalue weighted by atomic mass is 35.5. The summed E-state index contributed by atoms with van der Waals surface area (Å²) in [7, 11) is 0. The van der Waals surface area contributed by atoms with Crippen molar-refractivity contribution in [3.63, 3.8) is 0 Å². The molecule has 1 fully saturated rings. The van der Waals surface area contributed by atoms with E-state index in [1.807, 2.05) is 13.8 Å². The lowest BCUT2D eigenvalue weighted by atomic mass is 10.1. The van der Waals surface area contributed by atoms with Crippen molar-refractivity contribution in [2.24, 2.45) is 5.92 Å². The number of carboxylic acids is 1. The third-order valence-electron chi connectivity index (χ3n) is 4.29. The normalized spacial score (nSPS) is 17.3. The number of aliphatic carboxylic acids is 1. The van der Waals surface area contributed by atoms with Crippen LogP contribution in [0.4, 0.5) is 5.82 Å². The van der Waals surface area contributed by atoms with Crippen molar-refractivity contribution < 1.29 is 19.4 Å². The number of carbonyl (C=O) groups is 2. The van der Waals surface area contributed by atoms with Crippen molar-refractivity contribution in [1.29, 1.82) is 0 Å². The van der Waals surface area contributed by atoms with E-state index in [-0.39, 0.29) is 11.2 Å². The first-order valence-electron chi connectivity index (χ1n) is 8.42. The van der Waals surface area contributed by atoms with Gasteiger partial charge in [0.05, 0.1) is 12.0 Å². The van der Waals surface area contributed by atoms with Crippen LogP contribution in [0.3, 0.4) is 0 Å². The van der Waals surface area contributed by atoms with E-state index in [9.17, 15) is 14.7 Å². The fraction of sp³-hybridized carbons (Fsp3) is 0.529. The molecule has 1 N–H and O–H groups in total. The van der Waals surface area contributed by atoms with Crippen molar-refractivity contribution >= 4 is 50.9 Å². The summed E-state index contributed by atoms with van der Waals surface area (Å²) in [5.41, 5.74) is 0.696. The summed E-state index contributed by atoms with van der Waals surface area (Å²) in [6, 6.07) is -0.653. The molecule has 1 saturated heterocycles. The number of aromatic nitrogens is 2. The predicted molar refractivity (Wildman–Crippen MR) is 100 cm³/mol. The maximum absolute atomic E-state index is 12.4. The molecular weight excluding hydrogens is 378 g/mol. The number of ether oxygens (including phenoxy) is 1. The van der Waals surface area contributed by atoms with E-state index in [4.69, 9.17) is 16.3 Å². The molecule has 9 heteroatoms. The molecule has 26 heavy (non-hydrogen) atoms. The quantitative estimate of drug-likeness (QED) is 0.609.